The zero-order valence-corrected chi connectivity index (χ0v) is 12.8. The van der Waals surface area contributed by atoms with Crippen molar-refractivity contribution in [2.75, 3.05) is 13.6 Å². The molecule has 0 saturated heterocycles. The Morgan fingerprint density at radius 3 is 2.71 bits per heavy atom. The van der Waals surface area contributed by atoms with Crippen LogP contribution < -0.4 is 0 Å². The molecule has 0 unspecified atom stereocenters. The summed E-state index contributed by atoms with van der Waals surface area (Å²) in [5.41, 5.74) is 4.44. The van der Waals surface area contributed by atoms with Crippen LogP contribution in [0.3, 0.4) is 0 Å². The number of aromatic nitrogens is 2. The van der Waals surface area contributed by atoms with E-state index >= 15 is 0 Å². The normalized spacial score (nSPS) is 10.8. The van der Waals surface area contributed by atoms with Crippen molar-refractivity contribution < 1.29 is 0 Å². The van der Waals surface area contributed by atoms with Crippen LogP contribution in [0.25, 0.3) is 11.3 Å². The van der Waals surface area contributed by atoms with Crippen molar-refractivity contribution in [2.45, 2.75) is 32.7 Å². The SMILES string of the molecule is CCCCN(C)Cc1cn[nH]c1-c1ccc(CC#N)cc1. The van der Waals surface area contributed by atoms with E-state index in [2.05, 4.69) is 47.3 Å². The lowest BCUT2D eigenvalue weighted by Crippen LogP contribution is -2.19. The van der Waals surface area contributed by atoms with Crippen molar-refractivity contribution in [3.63, 3.8) is 0 Å². The molecule has 0 aliphatic rings. The minimum atomic E-state index is 0.454. The van der Waals surface area contributed by atoms with Crippen molar-refractivity contribution in [2.24, 2.45) is 0 Å². The molecule has 0 aliphatic carbocycles. The predicted molar refractivity (Wildman–Crippen MR) is 84.6 cm³/mol. The van der Waals surface area contributed by atoms with Gasteiger partial charge in [0.15, 0.2) is 0 Å². The molecule has 0 bridgehead atoms. The first-order valence-electron chi connectivity index (χ1n) is 7.41. The zero-order chi connectivity index (χ0) is 15.1. The van der Waals surface area contributed by atoms with Gasteiger partial charge in [0, 0.05) is 12.1 Å². The van der Waals surface area contributed by atoms with E-state index in [4.69, 9.17) is 5.26 Å². The van der Waals surface area contributed by atoms with E-state index in [1.807, 2.05) is 18.3 Å². The molecule has 0 saturated carbocycles. The smallest absolute Gasteiger partial charge is 0.0695 e. The third-order valence-electron chi connectivity index (χ3n) is 3.58. The number of rotatable bonds is 7. The van der Waals surface area contributed by atoms with Crippen LogP contribution in [0, 0.1) is 11.3 Å². The molecule has 0 aliphatic heterocycles. The van der Waals surface area contributed by atoms with Gasteiger partial charge in [0.25, 0.3) is 0 Å². The average Bonchev–Trinajstić information content (AvgIpc) is 2.94. The lowest BCUT2D eigenvalue weighted by Gasteiger charge is -2.16. The summed E-state index contributed by atoms with van der Waals surface area (Å²) < 4.78 is 0. The number of nitrogens with one attached hydrogen (secondary N) is 1. The standard InChI is InChI=1S/C17H22N4/c1-3-4-11-21(2)13-16-12-19-20-17(16)15-7-5-14(6-8-15)9-10-18/h5-8,12H,3-4,9,11,13H2,1-2H3,(H,19,20). The van der Waals surface area contributed by atoms with Gasteiger partial charge in [-0.05, 0) is 31.1 Å². The number of hydrogen-bond acceptors (Lipinski definition) is 3. The number of hydrogen-bond donors (Lipinski definition) is 1. The Bertz CT molecular complexity index is 592. The first-order chi connectivity index (χ1) is 10.2. The van der Waals surface area contributed by atoms with E-state index in [1.165, 1.54) is 18.4 Å². The fraction of sp³-hybridized carbons (Fsp3) is 0.412. The van der Waals surface area contributed by atoms with Crippen molar-refractivity contribution in [1.82, 2.24) is 15.1 Å². The summed E-state index contributed by atoms with van der Waals surface area (Å²) in [6, 6.07) is 10.3. The van der Waals surface area contributed by atoms with Crippen LogP contribution in [-0.2, 0) is 13.0 Å². The number of benzene rings is 1. The molecule has 1 aromatic heterocycles. The van der Waals surface area contributed by atoms with Crippen LogP contribution >= 0.6 is 0 Å². The Morgan fingerprint density at radius 2 is 2.05 bits per heavy atom. The Morgan fingerprint density at radius 1 is 1.29 bits per heavy atom. The van der Waals surface area contributed by atoms with Crippen LogP contribution in [0.5, 0.6) is 0 Å². The van der Waals surface area contributed by atoms with Crippen molar-refractivity contribution in [3.05, 3.63) is 41.6 Å². The zero-order valence-electron chi connectivity index (χ0n) is 12.8. The molecule has 0 spiro atoms. The topological polar surface area (TPSA) is 55.7 Å². The minimum absolute atomic E-state index is 0.454. The lowest BCUT2D eigenvalue weighted by molar-refractivity contribution is 0.321. The number of H-pyrrole nitrogens is 1. The number of unbranched alkanes of at least 4 members (excludes halogenated alkanes) is 1. The molecule has 4 nitrogen and oxygen atoms in total. The highest BCUT2D eigenvalue weighted by Crippen LogP contribution is 2.22. The Hall–Kier alpha value is -2.12. The molecule has 1 aromatic carbocycles. The minimum Gasteiger partial charge on any atom is -0.302 e. The van der Waals surface area contributed by atoms with E-state index < -0.39 is 0 Å². The van der Waals surface area contributed by atoms with Crippen LogP contribution in [-0.4, -0.2) is 28.7 Å². The quantitative estimate of drug-likeness (QED) is 0.847. The third kappa shape index (κ3) is 4.17. The van der Waals surface area contributed by atoms with E-state index in [9.17, 15) is 0 Å². The Kier molecular flexibility index (Phi) is 5.53. The van der Waals surface area contributed by atoms with E-state index in [0.717, 1.165) is 29.9 Å². The maximum absolute atomic E-state index is 8.72. The van der Waals surface area contributed by atoms with Crippen LogP contribution in [0.15, 0.2) is 30.5 Å². The predicted octanol–water partition coefficient (Wildman–Crippen LogP) is 3.37. The molecule has 0 amide bonds. The fourth-order valence-corrected chi connectivity index (χ4v) is 2.36. The van der Waals surface area contributed by atoms with Gasteiger partial charge in [0.1, 0.15) is 0 Å². The molecular formula is C17H22N4. The average molecular weight is 282 g/mol. The van der Waals surface area contributed by atoms with Gasteiger partial charge in [-0.25, -0.2) is 0 Å². The van der Waals surface area contributed by atoms with Gasteiger partial charge in [-0.1, -0.05) is 37.6 Å². The van der Waals surface area contributed by atoms with Crippen LogP contribution in [0.1, 0.15) is 30.9 Å². The summed E-state index contributed by atoms with van der Waals surface area (Å²) in [5, 5.41) is 16.0. The second-order valence-corrected chi connectivity index (χ2v) is 5.39. The molecular weight excluding hydrogens is 260 g/mol. The highest BCUT2D eigenvalue weighted by atomic mass is 15.1. The van der Waals surface area contributed by atoms with Gasteiger partial charge in [0.2, 0.25) is 0 Å². The fourth-order valence-electron chi connectivity index (χ4n) is 2.36. The maximum atomic E-state index is 8.72. The van der Waals surface area contributed by atoms with E-state index in [0.29, 0.717) is 6.42 Å². The molecule has 110 valence electrons. The van der Waals surface area contributed by atoms with Crippen molar-refractivity contribution in [3.8, 4) is 17.3 Å². The monoisotopic (exact) mass is 282 g/mol. The molecule has 1 heterocycles. The first kappa shape index (κ1) is 15.3. The molecule has 2 aromatic rings. The first-order valence-corrected chi connectivity index (χ1v) is 7.41. The van der Waals surface area contributed by atoms with Gasteiger partial charge in [-0.2, -0.15) is 10.4 Å². The van der Waals surface area contributed by atoms with E-state index in [1.54, 1.807) is 0 Å². The van der Waals surface area contributed by atoms with Gasteiger partial charge >= 0.3 is 0 Å². The van der Waals surface area contributed by atoms with Gasteiger partial charge < -0.3 is 4.90 Å². The van der Waals surface area contributed by atoms with Gasteiger partial charge in [0.05, 0.1) is 24.4 Å². The van der Waals surface area contributed by atoms with Gasteiger partial charge in [-0.3, -0.25) is 5.10 Å². The third-order valence-corrected chi connectivity index (χ3v) is 3.58. The number of nitriles is 1. The molecule has 0 fully saturated rings. The summed E-state index contributed by atoms with van der Waals surface area (Å²) >= 11 is 0. The summed E-state index contributed by atoms with van der Waals surface area (Å²) in [7, 11) is 2.14. The highest BCUT2D eigenvalue weighted by molar-refractivity contribution is 5.62. The maximum Gasteiger partial charge on any atom is 0.0695 e. The van der Waals surface area contributed by atoms with Crippen molar-refractivity contribution >= 4 is 0 Å². The van der Waals surface area contributed by atoms with Crippen LogP contribution in [0.4, 0.5) is 0 Å². The second-order valence-electron chi connectivity index (χ2n) is 5.39. The molecule has 21 heavy (non-hydrogen) atoms. The van der Waals surface area contributed by atoms with E-state index in [-0.39, 0.29) is 0 Å². The van der Waals surface area contributed by atoms with Crippen LogP contribution in [0.2, 0.25) is 0 Å². The lowest BCUT2D eigenvalue weighted by atomic mass is 10.0. The Balaban J connectivity index is 2.10. The molecule has 2 rings (SSSR count). The number of nitrogens with zero attached hydrogens (tertiary/aromatic N) is 3. The molecule has 1 N–H and O–H groups in total. The summed E-state index contributed by atoms with van der Waals surface area (Å²) in [6.07, 6.45) is 4.78. The molecule has 0 atom stereocenters. The number of aromatic amines is 1. The largest absolute Gasteiger partial charge is 0.302 e. The highest BCUT2D eigenvalue weighted by Gasteiger charge is 2.10. The summed E-state index contributed by atoms with van der Waals surface area (Å²) in [5.74, 6) is 0. The summed E-state index contributed by atoms with van der Waals surface area (Å²) in [4.78, 5) is 2.32. The van der Waals surface area contributed by atoms with Crippen molar-refractivity contribution in [1.29, 1.82) is 5.26 Å². The molecule has 0 radical (unpaired) electrons. The second kappa shape index (κ2) is 7.61. The molecule has 4 heteroatoms. The van der Waals surface area contributed by atoms with Gasteiger partial charge in [-0.15, -0.1) is 0 Å². The Labute approximate surface area is 126 Å². The summed E-state index contributed by atoms with van der Waals surface area (Å²) in [6.45, 7) is 4.20.